The zero-order valence-electron chi connectivity index (χ0n) is 17.3. The fraction of sp³-hybridized carbons (Fsp3) is 0.778. The SMILES string of the molecule is CC(O)(CC(=O)[O-])C(=O)[O-].CC(O)(CC(=O)[O-])C(=O)[O-].CCC[CH2][Sn+4][CH2]CCC. The summed E-state index contributed by atoms with van der Waals surface area (Å²) in [7, 11) is 0. The molecule has 6 radical (unpaired) electrons. The van der Waals surface area contributed by atoms with Crippen molar-refractivity contribution in [3.8, 4) is 0 Å². The van der Waals surface area contributed by atoms with E-state index < -0.39 is 47.9 Å². The number of hydrogen-bond acceptors (Lipinski definition) is 10. The molecule has 0 aromatic heterocycles. The third-order valence-corrected chi connectivity index (χ3v) is 7.31. The van der Waals surface area contributed by atoms with Crippen molar-refractivity contribution < 1.29 is 49.8 Å². The molecule has 0 heterocycles. The first-order valence-corrected chi connectivity index (χ1v) is 13.2. The molecule has 29 heavy (non-hydrogen) atoms. The molecule has 0 aliphatic rings. The molecule has 2 atom stereocenters. The molecule has 0 fully saturated rings. The number of carboxylic acid groups (broad SMARTS) is 4. The van der Waals surface area contributed by atoms with Crippen molar-refractivity contribution in [3.63, 3.8) is 0 Å². The molecule has 0 aromatic carbocycles. The zero-order chi connectivity index (χ0) is 23.7. The third kappa shape index (κ3) is 22.7. The summed E-state index contributed by atoms with van der Waals surface area (Å²) in [6.07, 6.45) is 3.91. The van der Waals surface area contributed by atoms with E-state index in [1.807, 2.05) is 0 Å². The quantitative estimate of drug-likeness (QED) is 0.189. The Balaban J connectivity index is -0.000000350. The monoisotopic (exact) mass is 526 g/mol. The predicted octanol–water partition coefficient (Wildman–Crippen LogP) is -3.62. The summed E-state index contributed by atoms with van der Waals surface area (Å²) < 4.78 is 3.25. The second-order valence-electron chi connectivity index (χ2n) is 6.68. The number of rotatable bonds is 12. The maximum absolute atomic E-state index is 9.90. The Morgan fingerprint density at radius 3 is 1.14 bits per heavy atom. The molecule has 0 amide bonds. The summed E-state index contributed by atoms with van der Waals surface area (Å²) in [4.78, 5) is 39.3. The molecule has 11 heteroatoms. The van der Waals surface area contributed by atoms with Crippen LogP contribution < -0.4 is 20.4 Å². The summed E-state index contributed by atoms with van der Waals surface area (Å²) >= 11 is 0.149. The van der Waals surface area contributed by atoms with E-state index in [9.17, 15) is 39.6 Å². The van der Waals surface area contributed by atoms with Crippen LogP contribution in [0.25, 0.3) is 0 Å². The fourth-order valence-corrected chi connectivity index (χ4v) is 5.59. The number of carbonyl (C=O) groups excluding carboxylic acids is 4. The van der Waals surface area contributed by atoms with Crippen molar-refractivity contribution in [2.24, 2.45) is 0 Å². The van der Waals surface area contributed by atoms with Gasteiger partial charge >= 0.3 is 69.5 Å². The van der Waals surface area contributed by atoms with Crippen LogP contribution in [0, 0.1) is 0 Å². The van der Waals surface area contributed by atoms with Gasteiger partial charge in [-0.2, -0.15) is 0 Å². The van der Waals surface area contributed by atoms with Gasteiger partial charge in [0.2, 0.25) is 0 Å². The van der Waals surface area contributed by atoms with Crippen molar-refractivity contribution in [2.75, 3.05) is 0 Å². The molecule has 0 aliphatic heterocycles. The topological polar surface area (TPSA) is 201 Å². The van der Waals surface area contributed by atoms with E-state index in [1.54, 1.807) is 8.87 Å². The van der Waals surface area contributed by atoms with Gasteiger partial charge in [-0.15, -0.1) is 0 Å². The van der Waals surface area contributed by atoms with Crippen LogP contribution >= 0.6 is 0 Å². The van der Waals surface area contributed by atoms with E-state index in [-0.39, 0.29) is 21.1 Å². The number of carboxylic acids is 4. The Hall–Kier alpha value is -1.40. The molecule has 2 unspecified atom stereocenters. The van der Waals surface area contributed by atoms with Crippen LogP contribution in [0.2, 0.25) is 8.87 Å². The van der Waals surface area contributed by atoms with Gasteiger partial charge in [0.15, 0.2) is 0 Å². The van der Waals surface area contributed by atoms with Gasteiger partial charge in [-0.25, -0.2) is 0 Å². The Kier molecular flexibility index (Phi) is 19.4. The van der Waals surface area contributed by atoms with Gasteiger partial charge in [-0.05, 0) is 13.8 Å². The van der Waals surface area contributed by atoms with Crippen molar-refractivity contribution in [1.82, 2.24) is 0 Å². The Labute approximate surface area is 181 Å². The molecular weight excluding hydrogens is 495 g/mol. The Bertz CT molecular complexity index is 459. The number of hydrogen-bond donors (Lipinski definition) is 2. The molecule has 2 N–H and O–H groups in total. The van der Waals surface area contributed by atoms with Crippen LogP contribution in [0.4, 0.5) is 0 Å². The van der Waals surface area contributed by atoms with Gasteiger partial charge in [0.1, 0.15) is 11.2 Å². The summed E-state index contributed by atoms with van der Waals surface area (Å²) in [5, 5.41) is 56.7. The number of unbranched alkanes of at least 4 members (excludes halogenated alkanes) is 2. The van der Waals surface area contributed by atoms with Gasteiger partial charge in [0.25, 0.3) is 0 Å². The van der Waals surface area contributed by atoms with Gasteiger partial charge in [0.05, 0.1) is 11.9 Å². The zero-order valence-corrected chi connectivity index (χ0v) is 20.2. The molecule has 0 saturated heterocycles. The minimum atomic E-state index is -2.33. The molecule has 10 nitrogen and oxygen atoms in total. The molecule has 0 aliphatic carbocycles. The number of carbonyl (C=O) groups is 4. The third-order valence-electron chi connectivity index (χ3n) is 3.27. The average molecular weight is 525 g/mol. The van der Waals surface area contributed by atoms with E-state index in [2.05, 4.69) is 13.8 Å². The molecule has 0 rings (SSSR count). The van der Waals surface area contributed by atoms with Crippen molar-refractivity contribution in [3.05, 3.63) is 0 Å². The maximum atomic E-state index is 9.90. The van der Waals surface area contributed by atoms with Crippen LogP contribution in [0.15, 0.2) is 0 Å². The molecule has 0 saturated carbocycles. The van der Waals surface area contributed by atoms with E-state index >= 15 is 0 Å². The summed E-state index contributed by atoms with van der Waals surface area (Å²) in [6.45, 7) is 6.24. The summed E-state index contributed by atoms with van der Waals surface area (Å²) in [5.74, 6) is -6.91. The normalized spacial score (nSPS) is 14.0. The Morgan fingerprint density at radius 1 is 0.724 bits per heavy atom. The Morgan fingerprint density at radius 2 is 1.00 bits per heavy atom. The second-order valence-corrected chi connectivity index (χ2v) is 11.0. The molecule has 166 valence electrons. The van der Waals surface area contributed by atoms with E-state index in [0.29, 0.717) is 0 Å². The van der Waals surface area contributed by atoms with Crippen LogP contribution in [-0.4, -0.2) is 66.4 Å². The van der Waals surface area contributed by atoms with Crippen molar-refractivity contribution in [1.29, 1.82) is 0 Å². The first kappa shape index (κ1) is 32.3. The van der Waals surface area contributed by atoms with Crippen molar-refractivity contribution in [2.45, 2.75) is 86.3 Å². The van der Waals surface area contributed by atoms with Gasteiger partial charge in [0, 0.05) is 24.8 Å². The summed E-state index contributed by atoms with van der Waals surface area (Å²) in [5.41, 5.74) is -4.67. The van der Waals surface area contributed by atoms with E-state index in [0.717, 1.165) is 13.8 Å². The number of aliphatic carboxylic acids is 4. The fourth-order valence-electron chi connectivity index (χ4n) is 1.44. The van der Waals surface area contributed by atoms with Crippen LogP contribution in [-0.2, 0) is 19.2 Å². The van der Waals surface area contributed by atoms with E-state index in [4.69, 9.17) is 10.2 Å². The molecular formula is C18H30O10Sn. The van der Waals surface area contributed by atoms with Crippen LogP contribution in [0.5, 0.6) is 0 Å². The van der Waals surface area contributed by atoms with E-state index in [1.165, 1.54) is 25.7 Å². The van der Waals surface area contributed by atoms with Crippen LogP contribution in [0.3, 0.4) is 0 Å². The van der Waals surface area contributed by atoms with Crippen LogP contribution in [0.1, 0.15) is 66.2 Å². The van der Waals surface area contributed by atoms with Crippen molar-refractivity contribution >= 4 is 45.0 Å². The van der Waals surface area contributed by atoms with Gasteiger partial charge in [-0.1, -0.05) is 0 Å². The first-order chi connectivity index (χ1) is 13.1. The molecule has 0 bridgehead atoms. The first-order valence-electron chi connectivity index (χ1n) is 9.12. The summed E-state index contributed by atoms with van der Waals surface area (Å²) in [6, 6.07) is 0. The predicted molar refractivity (Wildman–Crippen MR) is 95.7 cm³/mol. The molecule has 0 aromatic rings. The standard InChI is InChI=1S/2C5H8O5.2C4H9.Sn/c2*1-5(10,4(8)9)2-3(6)7;2*1-3-4-2;/h2*10H,2H2,1H3,(H,6,7)(H,8,9);2*1,3-4H2,2H3;/q;;;;+4/p-4. The molecule has 0 spiro atoms. The minimum absolute atomic E-state index is 0.149. The van der Waals surface area contributed by atoms with Gasteiger partial charge < -0.3 is 49.8 Å². The van der Waals surface area contributed by atoms with Gasteiger partial charge in [-0.3, -0.25) is 0 Å². The average Bonchev–Trinajstić information content (AvgIpc) is 2.53. The number of aliphatic hydroxyl groups is 2. The second kappa shape index (κ2) is 17.5.